The normalized spacial score (nSPS) is 19.8. The second-order valence-electron chi connectivity index (χ2n) is 6.19. The predicted octanol–water partition coefficient (Wildman–Crippen LogP) is 2.19. The van der Waals surface area contributed by atoms with Crippen LogP contribution in [-0.4, -0.2) is 36.0 Å². The first-order valence-electron chi connectivity index (χ1n) is 6.45. The van der Waals surface area contributed by atoms with Crippen LogP contribution in [-0.2, 0) is 4.79 Å². The second kappa shape index (κ2) is 5.21. The Morgan fingerprint density at radius 1 is 1.41 bits per heavy atom. The van der Waals surface area contributed by atoms with E-state index in [1.54, 1.807) is 0 Å². The number of hydrogen-bond donors (Lipinski definition) is 1. The largest absolute Gasteiger partial charge is 0.334 e. The molecule has 0 aromatic carbocycles. The molecule has 17 heavy (non-hydrogen) atoms. The van der Waals surface area contributed by atoms with Gasteiger partial charge in [0, 0.05) is 17.5 Å². The molecule has 1 rings (SSSR count). The molecule has 1 aliphatic heterocycles. The van der Waals surface area contributed by atoms with Gasteiger partial charge in [0.1, 0.15) is 0 Å². The summed E-state index contributed by atoms with van der Waals surface area (Å²) >= 11 is 0. The topological polar surface area (TPSA) is 32.3 Å². The average Bonchev–Trinajstić information content (AvgIpc) is 2.24. The van der Waals surface area contributed by atoms with Crippen LogP contribution in [0.25, 0.3) is 0 Å². The summed E-state index contributed by atoms with van der Waals surface area (Å²) in [4.78, 5) is 14.7. The fourth-order valence-corrected chi connectivity index (χ4v) is 2.31. The number of piperidine rings is 1. The van der Waals surface area contributed by atoms with E-state index in [0.29, 0.717) is 6.54 Å². The van der Waals surface area contributed by atoms with Crippen LogP contribution in [0.4, 0.5) is 0 Å². The zero-order valence-corrected chi connectivity index (χ0v) is 11.7. The highest BCUT2D eigenvalue weighted by atomic mass is 16.2. The van der Waals surface area contributed by atoms with Crippen LogP contribution in [0.5, 0.6) is 0 Å². The van der Waals surface area contributed by atoms with Crippen molar-refractivity contribution in [2.24, 2.45) is 5.41 Å². The lowest BCUT2D eigenvalue weighted by Gasteiger charge is -2.43. The molecule has 1 fully saturated rings. The van der Waals surface area contributed by atoms with Crippen molar-refractivity contribution >= 4 is 5.91 Å². The predicted molar refractivity (Wildman–Crippen MR) is 71.9 cm³/mol. The Labute approximate surface area is 105 Å². The average molecular weight is 238 g/mol. The van der Waals surface area contributed by atoms with E-state index in [2.05, 4.69) is 39.6 Å². The molecular weight excluding hydrogens is 212 g/mol. The van der Waals surface area contributed by atoms with Crippen LogP contribution < -0.4 is 5.32 Å². The molecule has 0 aromatic heterocycles. The van der Waals surface area contributed by atoms with E-state index in [0.717, 1.165) is 25.9 Å². The van der Waals surface area contributed by atoms with Crippen molar-refractivity contribution in [2.45, 2.75) is 46.1 Å². The molecule has 3 heteroatoms. The van der Waals surface area contributed by atoms with Gasteiger partial charge >= 0.3 is 0 Å². The van der Waals surface area contributed by atoms with Gasteiger partial charge in [-0.2, -0.15) is 0 Å². The summed E-state index contributed by atoms with van der Waals surface area (Å²) in [6, 6.07) is 0. The van der Waals surface area contributed by atoms with Crippen molar-refractivity contribution in [1.82, 2.24) is 10.2 Å². The zero-order chi connectivity index (χ0) is 13.1. The number of amides is 1. The van der Waals surface area contributed by atoms with Gasteiger partial charge in [-0.05, 0) is 46.7 Å². The van der Waals surface area contributed by atoms with Crippen LogP contribution in [0.15, 0.2) is 12.7 Å². The third kappa shape index (κ3) is 3.32. The smallest absolute Gasteiger partial charge is 0.229 e. The fourth-order valence-electron chi connectivity index (χ4n) is 2.31. The number of hydrogen-bond acceptors (Lipinski definition) is 2. The Morgan fingerprint density at radius 2 is 1.94 bits per heavy atom. The van der Waals surface area contributed by atoms with Gasteiger partial charge in [0.2, 0.25) is 5.91 Å². The van der Waals surface area contributed by atoms with Gasteiger partial charge in [-0.15, -0.1) is 6.58 Å². The molecule has 0 aliphatic carbocycles. The van der Waals surface area contributed by atoms with Gasteiger partial charge in [-0.1, -0.05) is 13.0 Å². The molecule has 0 saturated carbocycles. The van der Waals surface area contributed by atoms with E-state index in [1.807, 2.05) is 11.0 Å². The van der Waals surface area contributed by atoms with E-state index in [1.165, 1.54) is 0 Å². The molecule has 1 amide bonds. The summed E-state index contributed by atoms with van der Waals surface area (Å²) in [5.41, 5.74) is -0.347. The minimum absolute atomic E-state index is 0.140. The maximum atomic E-state index is 12.7. The Hall–Kier alpha value is -0.830. The molecule has 98 valence electrons. The monoisotopic (exact) mass is 238 g/mol. The van der Waals surface area contributed by atoms with Crippen molar-refractivity contribution in [1.29, 1.82) is 0 Å². The molecule has 1 saturated heterocycles. The molecule has 0 unspecified atom stereocenters. The van der Waals surface area contributed by atoms with E-state index < -0.39 is 0 Å². The number of nitrogens with zero attached hydrogens (tertiary/aromatic N) is 1. The van der Waals surface area contributed by atoms with Crippen LogP contribution in [0.3, 0.4) is 0 Å². The summed E-state index contributed by atoms with van der Waals surface area (Å²) in [5.74, 6) is 0.270. The van der Waals surface area contributed by atoms with Gasteiger partial charge < -0.3 is 10.2 Å². The molecule has 3 nitrogen and oxygen atoms in total. The van der Waals surface area contributed by atoms with Crippen molar-refractivity contribution in [3.8, 4) is 0 Å². The highest BCUT2D eigenvalue weighted by Gasteiger charge is 2.40. The standard InChI is InChI=1S/C14H26N2O/c1-6-11-16(13(2,3)4)12(17)14(5)7-9-15-10-8-14/h6,15H,1,7-11H2,2-5H3. The summed E-state index contributed by atoms with van der Waals surface area (Å²) in [7, 11) is 0. The SMILES string of the molecule is C=CCN(C(=O)C1(C)CCNCC1)C(C)(C)C. The van der Waals surface area contributed by atoms with Crippen molar-refractivity contribution in [3.63, 3.8) is 0 Å². The van der Waals surface area contributed by atoms with Gasteiger partial charge in [0.25, 0.3) is 0 Å². The lowest BCUT2D eigenvalue weighted by Crippen LogP contribution is -2.54. The first-order chi connectivity index (χ1) is 7.81. The van der Waals surface area contributed by atoms with Gasteiger partial charge in [-0.3, -0.25) is 4.79 Å². The minimum atomic E-state index is -0.207. The number of nitrogens with one attached hydrogen (secondary N) is 1. The van der Waals surface area contributed by atoms with Crippen molar-refractivity contribution in [2.75, 3.05) is 19.6 Å². The highest BCUT2D eigenvalue weighted by molar-refractivity contribution is 5.83. The quantitative estimate of drug-likeness (QED) is 0.764. The summed E-state index contributed by atoms with van der Waals surface area (Å²) in [6.45, 7) is 14.6. The number of carbonyl (C=O) groups is 1. The van der Waals surface area contributed by atoms with Crippen LogP contribution in [0.1, 0.15) is 40.5 Å². The summed E-state index contributed by atoms with van der Waals surface area (Å²) in [6.07, 6.45) is 3.67. The fraction of sp³-hybridized carbons (Fsp3) is 0.786. The number of carbonyl (C=O) groups excluding carboxylic acids is 1. The summed E-state index contributed by atoms with van der Waals surface area (Å²) in [5, 5.41) is 3.31. The second-order valence-corrected chi connectivity index (χ2v) is 6.19. The Balaban J connectivity index is 2.86. The molecule has 0 bridgehead atoms. The molecule has 0 radical (unpaired) electrons. The first-order valence-corrected chi connectivity index (χ1v) is 6.45. The minimum Gasteiger partial charge on any atom is -0.334 e. The first kappa shape index (κ1) is 14.2. The third-order valence-corrected chi connectivity index (χ3v) is 3.59. The Morgan fingerprint density at radius 3 is 2.35 bits per heavy atom. The van der Waals surface area contributed by atoms with Gasteiger partial charge in [0.15, 0.2) is 0 Å². The summed E-state index contributed by atoms with van der Waals surface area (Å²) < 4.78 is 0. The maximum Gasteiger partial charge on any atom is 0.229 e. The van der Waals surface area contributed by atoms with Crippen LogP contribution >= 0.6 is 0 Å². The van der Waals surface area contributed by atoms with Crippen LogP contribution in [0.2, 0.25) is 0 Å². The molecule has 1 aliphatic rings. The van der Waals surface area contributed by atoms with E-state index in [9.17, 15) is 4.79 Å². The van der Waals surface area contributed by atoms with Crippen molar-refractivity contribution in [3.05, 3.63) is 12.7 Å². The third-order valence-electron chi connectivity index (χ3n) is 3.59. The molecule has 0 atom stereocenters. The molecule has 0 spiro atoms. The van der Waals surface area contributed by atoms with E-state index in [4.69, 9.17) is 0 Å². The molecule has 1 N–H and O–H groups in total. The Kier molecular flexibility index (Phi) is 4.36. The lowest BCUT2D eigenvalue weighted by atomic mass is 9.78. The lowest BCUT2D eigenvalue weighted by molar-refractivity contribution is -0.147. The van der Waals surface area contributed by atoms with Crippen LogP contribution in [0, 0.1) is 5.41 Å². The zero-order valence-electron chi connectivity index (χ0n) is 11.7. The van der Waals surface area contributed by atoms with E-state index >= 15 is 0 Å². The molecule has 0 aromatic rings. The molecule has 1 heterocycles. The Bertz CT molecular complexity index is 285. The maximum absolute atomic E-state index is 12.7. The van der Waals surface area contributed by atoms with Gasteiger partial charge in [0.05, 0.1) is 0 Å². The van der Waals surface area contributed by atoms with Gasteiger partial charge in [-0.25, -0.2) is 0 Å². The van der Waals surface area contributed by atoms with E-state index in [-0.39, 0.29) is 16.9 Å². The van der Waals surface area contributed by atoms with Crippen molar-refractivity contribution < 1.29 is 4.79 Å². The molecular formula is C14H26N2O. The highest BCUT2D eigenvalue weighted by Crippen LogP contribution is 2.32. The number of rotatable bonds is 3.